The molecule has 2 N–H and O–H groups in total. The predicted octanol–water partition coefficient (Wildman–Crippen LogP) is 1.15. The second-order valence-corrected chi connectivity index (χ2v) is 6.20. The Morgan fingerprint density at radius 2 is 1.23 bits per heavy atom. The molecule has 8 nitrogen and oxygen atoms in total. The minimum atomic E-state index is -1.34. The molecular formula is C12H8N2O6S2. The van der Waals surface area contributed by atoms with Gasteiger partial charge < -0.3 is 20.6 Å². The maximum Gasteiger partial charge on any atom is 0.402 e. The number of hydrogen-bond acceptors (Lipinski definition) is 6. The lowest BCUT2D eigenvalue weighted by Crippen LogP contribution is -2.34. The molecule has 0 saturated heterocycles. The van der Waals surface area contributed by atoms with Crippen molar-refractivity contribution in [2.75, 3.05) is 0 Å². The van der Waals surface area contributed by atoms with Crippen LogP contribution in [0.3, 0.4) is 0 Å². The summed E-state index contributed by atoms with van der Waals surface area (Å²) in [5.74, 6) is -2.69. The molecule has 10 heteroatoms. The molecule has 0 saturated carbocycles. The third-order valence-corrected chi connectivity index (χ3v) is 4.83. The molecule has 0 unspecified atom stereocenters. The molecule has 0 aliphatic rings. The number of aromatic carboxylic acids is 2. The topological polar surface area (TPSA) is 128 Å². The monoisotopic (exact) mass is 340 g/mol. The SMILES string of the molecule is O=C(O)c1cc(SSc2cc[n+]([O-])c(C(=O)O)c2)cc[n+]1[O-]. The standard InChI is InChI=1S/C12H8N2O6S2/c15-11(16)9-5-7(1-3-13(9)19)21-22-8-2-4-14(20)10(6-8)12(17)18/h1-6H,(H,15,16)(H,17,18). The number of carbonyl (C=O) groups is 2. The van der Waals surface area contributed by atoms with Crippen molar-refractivity contribution in [1.82, 2.24) is 0 Å². The summed E-state index contributed by atoms with van der Waals surface area (Å²) in [6.45, 7) is 0. The van der Waals surface area contributed by atoms with E-state index < -0.39 is 23.3 Å². The third kappa shape index (κ3) is 3.59. The normalized spacial score (nSPS) is 10.4. The molecule has 22 heavy (non-hydrogen) atoms. The number of carboxylic acids is 2. The molecule has 0 amide bonds. The van der Waals surface area contributed by atoms with Crippen molar-refractivity contribution >= 4 is 33.5 Å². The first-order valence-corrected chi connectivity index (χ1v) is 7.81. The van der Waals surface area contributed by atoms with Gasteiger partial charge in [0.25, 0.3) is 0 Å². The molecule has 0 radical (unpaired) electrons. The maximum absolute atomic E-state index is 11.3. The number of aromatic nitrogens is 2. The second-order valence-electron chi connectivity index (χ2n) is 3.92. The van der Waals surface area contributed by atoms with Crippen molar-refractivity contribution in [3.05, 3.63) is 58.5 Å². The summed E-state index contributed by atoms with van der Waals surface area (Å²) in [6, 6.07) is 5.29. The second kappa shape index (κ2) is 6.54. The van der Waals surface area contributed by atoms with E-state index in [0.29, 0.717) is 9.79 Å². The fraction of sp³-hybridized carbons (Fsp3) is 0. The summed E-state index contributed by atoms with van der Waals surface area (Å²) in [7, 11) is 2.27. The van der Waals surface area contributed by atoms with Crippen LogP contribution in [0.15, 0.2) is 46.5 Å². The van der Waals surface area contributed by atoms with E-state index in [9.17, 15) is 20.0 Å². The van der Waals surface area contributed by atoms with Gasteiger partial charge in [0.15, 0.2) is 12.4 Å². The molecule has 0 spiro atoms. The minimum absolute atomic E-state index is 0.239. The van der Waals surface area contributed by atoms with E-state index in [1.807, 2.05) is 0 Å². The summed E-state index contributed by atoms with van der Waals surface area (Å²) in [4.78, 5) is 22.7. The van der Waals surface area contributed by atoms with Gasteiger partial charge in [-0.3, -0.25) is 0 Å². The Hall–Kier alpha value is -2.46. The van der Waals surface area contributed by atoms with Crippen LogP contribution >= 0.6 is 21.6 Å². The summed E-state index contributed by atoms with van der Waals surface area (Å²) in [5, 5.41) is 40.2. The highest BCUT2D eigenvalue weighted by atomic mass is 33.1. The lowest BCUT2D eigenvalue weighted by Gasteiger charge is -2.05. The van der Waals surface area contributed by atoms with Crippen LogP contribution in [0.1, 0.15) is 21.0 Å². The Morgan fingerprint density at radius 1 is 0.864 bits per heavy atom. The highest BCUT2D eigenvalue weighted by molar-refractivity contribution is 8.76. The molecule has 0 aromatic carbocycles. The third-order valence-electron chi connectivity index (χ3n) is 2.45. The van der Waals surface area contributed by atoms with Crippen LogP contribution < -0.4 is 9.46 Å². The number of rotatable bonds is 5. The maximum atomic E-state index is 11.3. The van der Waals surface area contributed by atoms with E-state index in [1.54, 1.807) is 0 Å². The molecule has 2 aromatic rings. The summed E-state index contributed by atoms with van der Waals surface area (Å²) >= 11 is 0. The van der Waals surface area contributed by atoms with E-state index in [1.165, 1.54) is 24.3 Å². The largest absolute Gasteiger partial charge is 0.618 e. The van der Waals surface area contributed by atoms with Gasteiger partial charge in [0, 0.05) is 34.1 Å². The van der Waals surface area contributed by atoms with Crippen molar-refractivity contribution in [2.45, 2.75) is 9.79 Å². The highest BCUT2D eigenvalue weighted by Crippen LogP contribution is 2.37. The Bertz CT molecular complexity index is 689. The number of pyridine rings is 2. The molecule has 2 rings (SSSR count). The molecular weight excluding hydrogens is 332 g/mol. The molecule has 0 fully saturated rings. The Kier molecular flexibility index (Phi) is 4.73. The minimum Gasteiger partial charge on any atom is -0.618 e. The first-order chi connectivity index (χ1) is 10.4. The number of carboxylic acid groups (broad SMARTS) is 2. The van der Waals surface area contributed by atoms with Crippen molar-refractivity contribution in [1.29, 1.82) is 0 Å². The van der Waals surface area contributed by atoms with Gasteiger partial charge in [0.05, 0.1) is 0 Å². The number of hydrogen-bond donors (Lipinski definition) is 2. The molecule has 0 aliphatic carbocycles. The van der Waals surface area contributed by atoms with E-state index in [4.69, 9.17) is 10.2 Å². The summed E-state index contributed by atoms with van der Waals surface area (Å²) in [5.41, 5.74) is -0.829. The zero-order chi connectivity index (χ0) is 16.3. The van der Waals surface area contributed by atoms with Gasteiger partial charge in [0.1, 0.15) is 0 Å². The van der Waals surface area contributed by atoms with Crippen molar-refractivity contribution in [3.8, 4) is 0 Å². The Labute approximate surface area is 131 Å². The first-order valence-electron chi connectivity index (χ1n) is 5.66. The van der Waals surface area contributed by atoms with Gasteiger partial charge in [-0.15, -0.1) is 0 Å². The van der Waals surface area contributed by atoms with Gasteiger partial charge >= 0.3 is 23.3 Å². The van der Waals surface area contributed by atoms with Crippen LogP contribution in [0.2, 0.25) is 0 Å². The molecule has 0 atom stereocenters. The average molecular weight is 340 g/mol. The zero-order valence-electron chi connectivity index (χ0n) is 10.7. The molecule has 2 aromatic heterocycles. The van der Waals surface area contributed by atoms with Crippen molar-refractivity contribution in [2.24, 2.45) is 0 Å². The van der Waals surface area contributed by atoms with Crippen LogP contribution in [-0.2, 0) is 0 Å². The van der Waals surface area contributed by atoms with E-state index in [-0.39, 0.29) is 9.46 Å². The summed E-state index contributed by atoms with van der Waals surface area (Å²) < 4.78 is 0.477. The molecule has 0 bridgehead atoms. The van der Waals surface area contributed by atoms with Crippen molar-refractivity contribution < 1.29 is 29.3 Å². The molecule has 114 valence electrons. The van der Waals surface area contributed by atoms with Gasteiger partial charge in [-0.2, -0.15) is 9.46 Å². The average Bonchev–Trinajstić information content (AvgIpc) is 2.47. The lowest BCUT2D eigenvalue weighted by molar-refractivity contribution is -0.608. The van der Waals surface area contributed by atoms with E-state index in [0.717, 1.165) is 34.0 Å². The fourth-order valence-electron chi connectivity index (χ4n) is 1.45. The van der Waals surface area contributed by atoms with Crippen LogP contribution in [0, 0.1) is 10.4 Å². The molecule has 0 aliphatic heterocycles. The quantitative estimate of drug-likeness (QED) is 0.471. The van der Waals surface area contributed by atoms with Gasteiger partial charge in [0.2, 0.25) is 0 Å². The number of nitrogens with zero attached hydrogens (tertiary/aromatic N) is 2. The Balaban J connectivity index is 2.17. The molecule has 2 heterocycles. The fourth-order valence-corrected chi connectivity index (χ4v) is 3.39. The Morgan fingerprint density at radius 3 is 1.55 bits per heavy atom. The highest BCUT2D eigenvalue weighted by Gasteiger charge is 2.17. The van der Waals surface area contributed by atoms with Crippen LogP contribution in [0.4, 0.5) is 0 Å². The van der Waals surface area contributed by atoms with E-state index >= 15 is 0 Å². The predicted molar refractivity (Wildman–Crippen MR) is 76.4 cm³/mol. The first kappa shape index (κ1) is 15.9. The van der Waals surface area contributed by atoms with Gasteiger partial charge in [-0.05, 0) is 0 Å². The van der Waals surface area contributed by atoms with Crippen LogP contribution in [0.5, 0.6) is 0 Å². The van der Waals surface area contributed by atoms with Crippen LogP contribution in [0.25, 0.3) is 0 Å². The van der Waals surface area contributed by atoms with Gasteiger partial charge in [-0.25, -0.2) is 9.59 Å². The lowest BCUT2D eigenvalue weighted by atomic mass is 10.3. The summed E-state index contributed by atoms with van der Waals surface area (Å²) in [6.07, 6.45) is 2.15. The van der Waals surface area contributed by atoms with Crippen LogP contribution in [-0.4, -0.2) is 22.2 Å². The smallest absolute Gasteiger partial charge is 0.402 e. The van der Waals surface area contributed by atoms with Gasteiger partial charge in [-0.1, -0.05) is 21.6 Å². The van der Waals surface area contributed by atoms with Crippen molar-refractivity contribution in [3.63, 3.8) is 0 Å². The zero-order valence-corrected chi connectivity index (χ0v) is 12.3. The van der Waals surface area contributed by atoms with E-state index in [2.05, 4.69) is 0 Å².